The fourth-order valence-corrected chi connectivity index (χ4v) is 10.4. The molecule has 1 fully saturated rings. The Labute approximate surface area is 304 Å². The van der Waals surface area contributed by atoms with Crippen LogP contribution in [0.4, 0.5) is 5.69 Å². The average molecular weight is 733 g/mol. The van der Waals surface area contributed by atoms with Crippen LogP contribution in [0.25, 0.3) is 0 Å². The maximum Gasteiger partial charge on any atom is 0.286 e. The number of benzene rings is 2. The number of anilines is 1. The Kier molecular flexibility index (Phi) is 9.50. The van der Waals surface area contributed by atoms with Crippen LogP contribution in [-0.4, -0.2) is 65.9 Å². The number of amides is 2. The standard InChI is InChI=1S/C39H45ClN4O6S/c1-48-35-7-3-2-4-17-51(47,42-38(46)29-19-31-23-49-16-15-43(31)22-29)41-37(45)27-9-13-36-34(20-27)44(21-28-8-11-32(28)35)24-39(25-50-36)14-5-6-26-18-30(40)10-12-33(26)39/h3,7,9-10,12-13,18-20,22,28,32,35H,2,4-6,8,11,14-17,21,23-25H2,1H3,(H,41,42,45,46,47)/b7-3+/t28-,32+,35-,39-,51-/m0/s1. The van der Waals surface area contributed by atoms with Gasteiger partial charge in [-0.1, -0.05) is 29.8 Å². The second kappa shape index (κ2) is 14.1. The molecule has 2 aromatic carbocycles. The van der Waals surface area contributed by atoms with Crippen LogP contribution in [-0.2, 0) is 44.4 Å². The molecule has 3 aliphatic heterocycles. The lowest BCUT2D eigenvalue weighted by atomic mass is 9.68. The maximum absolute atomic E-state index is 14.4. The second-order valence-corrected chi connectivity index (χ2v) is 17.2. The third kappa shape index (κ3) is 6.86. The van der Waals surface area contributed by atoms with Crippen molar-refractivity contribution < 1.29 is 28.0 Å². The number of methoxy groups -OCH3 is 1. The molecule has 3 aromatic rings. The molecule has 270 valence electrons. The Morgan fingerprint density at radius 1 is 1.16 bits per heavy atom. The zero-order valence-corrected chi connectivity index (χ0v) is 30.6. The van der Waals surface area contributed by atoms with Crippen molar-refractivity contribution in [3.05, 3.63) is 93.8 Å². The summed E-state index contributed by atoms with van der Waals surface area (Å²) in [6, 6.07) is 13.3. The van der Waals surface area contributed by atoms with Crippen LogP contribution >= 0.6 is 11.6 Å². The molecule has 1 spiro atoms. The highest BCUT2D eigenvalue weighted by Crippen LogP contribution is 2.47. The van der Waals surface area contributed by atoms with Gasteiger partial charge in [0.2, 0.25) is 0 Å². The first-order valence-electron chi connectivity index (χ1n) is 18.1. The number of nitrogens with one attached hydrogen (secondary N) is 1. The van der Waals surface area contributed by atoms with E-state index in [0.717, 1.165) is 61.6 Å². The summed E-state index contributed by atoms with van der Waals surface area (Å²) in [4.78, 5) is 29.8. The molecular formula is C39H45ClN4O6S. The normalized spacial score (nSPS) is 29.6. The van der Waals surface area contributed by atoms with Gasteiger partial charge >= 0.3 is 0 Å². The van der Waals surface area contributed by atoms with Crippen molar-refractivity contribution in [3.63, 3.8) is 0 Å². The summed E-state index contributed by atoms with van der Waals surface area (Å²) in [5.74, 6) is 0.324. The van der Waals surface area contributed by atoms with Gasteiger partial charge in [0.1, 0.15) is 15.7 Å². The summed E-state index contributed by atoms with van der Waals surface area (Å²) in [5, 5.41) is 0.742. The molecule has 5 atom stereocenters. The molecular weight excluding hydrogens is 688 g/mol. The quantitative estimate of drug-likeness (QED) is 0.307. The average Bonchev–Trinajstić information content (AvgIpc) is 3.49. The molecule has 0 radical (unpaired) electrons. The summed E-state index contributed by atoms with van der Waals surface area (Å²) < 4.78 is 41.5. The Morgan fingerprint density at radius 3 is 2.88 bits per heavy atom. The summed E-state index contributed by atoms with van der Waals surface area (Å²) in [7, 11) is -1.71. The van der Waals surface area contributed by atoms with E-state index in [1.807, 2.05) is 22.8 Å². The number of rotatable bonds is 3. The second-order valence-electron chi connectivity index (χ2n) is 14.7. The van der Waals surface area contributed by atoms with Crippen LogP contribution in [0.15, 0.2) is 65.2 Å². The zero-order chi connectivity index (χ0) is 35.2. The van der Waals surface area contributed by atoms with Crippen LogP contribution in [0.2, 0.25) is 5.02 Å². The van der Waals surface area contributed by atoms with Gasteiger partial charge in [-0.3, -0.25) is 14.3 Å². The number of carbonyl (C=O) groups is 2. The lowest BCUT2D eigenvalue weighted by Gasteiger charge is -2.46. The van der Waals surface area contributed by atoms with E-state index < -0.39 is 21.7 Å². The smallest absolute Gasteiger partial charge is 0.286 e. The number of carbonyl (C=O) groups excluding carboxylic acids is 2. The number of hydrogen-bond acceptors (Lipinski definition) is 7. The van der Waals surface area contributed by atoms with Gasteiger partial charge in [0, 0.05) is 54.6 Å². The Bertz CT molecular complexity index is 1980. The highest BCUT2D eigenvalue weighted by atomic mass is 35.5. The highest BCUT2D eigenvalue weighted by Gasteiger charge is 2.44. The largest absolute Gasteiger partial charge is 0.490 e. The number of fused-ring (bicyclic) bond motifs is 5. The Hall–Kier alpha value is -3.64. The van der Waals surface area contributed by atoms with Crippen molar-refractivity contribution in [2.45, 2.75) is 69.6 Å². The molecule has 2 amide bonds. The van der Waals surface area contributed by atoms with E-state index in [-0.39, 0.29) is 17.3 Å². The van der Waals surface area contributed by atoms with E-state index in [9.17, 15) is 13.8 Å². The van der Waals surface area contributed by atoms with E-state index in [4.69, 9.17) is 25.8 Å². The van der Waals surface area contributed by atoms with Gasteiger partial charge in [0.25, 0.3) is 11.8 Å². The molecule has 1 aromatic heterocycles. The van der Waals surface area contributed by atoms with Gasteiger partial charge in [-0.15, -0.1) is 4.36 Å². The van der Waals surface area contributed by atoms with E-state index in [0.29, 0.717) is 67.9 Å². The number of nitrogens with zero attached hydrogens (tertiary/aromatic N) is 3. The lowest BCUT2D eigenvalue weighted by Crippen LogP contribution is -2.49. The van der Waals surface area contributed by atoms with Crippen LogP contribution in [0.3, 0.4) is 0 Å². The van der Waals surface area contributed by atoms with Crippen molar-refractivity contribution in [1.82, 2.24) is 9.29 Å². The molecule has 2 bridgehead atoms. The van der Waals surface area contributed by atoms with Crippen LogP contribution in [0, 0.1) is 11.8 Å². The van der Waals surface area contributed by atoms with E-state index in [1.54, 1.807) is 25.4 Å². The van der Waals surface area contributed by atoms with Gasteiger partial charge < -0.3 is 23.7 Å². The van der Waals surface area contributed by atoms with Crippen molar-refractivity contribution in [3.8, 4) is 5.75 Å². The fraction of sp³-hybridized carbons (Fsp3) is 0.487. The summed E-state index contributed by atoms with van der Waals surface area (Å²) >= 11 is 6.46. The van der Waals surface area contributed by atoms with Crippen molar-refractivity contribution in [2.24, 2.45) is 16.2 Å². The van der Waals surface area contributed by atoms with Gasteiger partial charge in [-0.25, -0.2) is 4.21 Å². The number of aromatic nitrogens is 1. The highest BCUT2D eigenvalue weighted by molar-refractivity contribution is 7.92. The van der Waals surface area contributed by atoms with E-state index in [2.05, 4.69) is 38.3 Å². The summed E-state index contributed by atoms with van der Waals surface area (Å²) in [6.07, 6.45) is 12.1. The SMILES string of the molecule is CO[C@H]1/C=C/CCC[S@@](=O)(NC(=O)c2cc3n(c2)CCOC3)=NC(=O)c2ccc3c(c2)N(C[C@@H]2CC[C@H]21)C[C@@]1(CCCc2cc(Cl)ccc21)CO3. The van der Waals surface area contributed by atoms with Crippen LogP contribution in [0.1, 0.15) is 76.1 Å². The van der Waals surface area contributed by atoms with Crippen molar-refractivity contribution in [2.75, 3.05) is 44.1 Å². The minimum Gasteiger partial charge on any atom is -0.490 e. The number of allylic oxidation sites excluding steroid dienone is 1. The first kappa shape index (κ1) is 34.4. The number of halogens is 1. The molecule has 10 nitrogen and oxygen atoms in total. The Morgan fingerprint density at radius 2 is 2.06 bits per heavy atom. The van der Waals surface area contributed by atoms with Crippen molar-refractivity contribution >= 4 is 39.0 Å². The Balaban J connectivity index is 1.17. The molecule has 4 heterocycles. The predicted molar refractivity (Wildman–Crippen MR) is 197 cm³/mol. The minimum absolute atomic E-state index is 0.0291. The lowest BCUT2D eigenvalue weighted by molar-refractivity contribution is 0.0132. The molecule has 0 unspecified atom stereocenters. The van der Waals surface area contributed by atoms with Gasteiger partial charge in [-0.05, 0) is 104 Å². The van der Waals surface area contributed by atoms with Crippen LogP contribution < -0.4 is 14.4 Å². The first-order valence-corrected chi connectivity index (χ1v) is 20.2. The number of ether oxygens (including phenoxy) is 3. The minimum atomic E-state index is -3.48. The first-order chi connectivity index (χ1) is 24.7. The summed E-state index contributed by atoms with van der Waals surface area (Å²) in [5.41, 5.74) is 4.66. The third-order valence-corrected chi connectivity index (χ3v) is 13.5. The molecule has 2 aliphatic carbocycles. The number of hydrogen-bond donors (Lipinski definition) is 1. The fourth-order valence-electron chi connectivity index (χ4n) is 8.66. The van der Waals surface area contributed by atoms with Crippen LogP contribution in [0.5, 0.6) is 5.75 Å². The molecule has 51 heavy (non-hydrogen) atoms. The third-order valence-electron chi connectivity index (χ3n) is 11.5. The topological polar surface area (TPSA) is 111 Å². The zero-order valence-electron chi connectivity index (χ0n) is 29.0. The maximum atomic E-state index is 14.4. The van der Waals surface area contributed by atoms with Gasteiger partial charge in [-0.2, -0.15) is 0 Å². The number of aryl methyl sites for hydroxylation is 1. The van der Waals surface area contributed by atoms with Gasteiger partial charge in [0.05, 0.1) is 42.9 Å². The summed E-state index contributed by atoms with van der Waals surface area (Å²) in [6.45, 7) is 3.62. The molecule has 1 N–H and O–H groups in total. The predicted octanol–water partition coefficient (Wildman–Crippen LogP) is 6.49. The molecule has 5 aliphatic rings. The van der Waals surface area contributed by atoms with Gasteiger partial charge in [0.15, 0.2) is 0 Å². The van der Waals surface area contributed by atoms with Crippen molar-refractivity contribution in [1.29, 1.82) is 0 Å². The van der Waals surface area contributed by atoms with E-state index in [1.165, 1.54) is 11.1 Å². The molecule has 1 saturated carbocycles. The monoisotopic (exact) mass is 732 g/mol. The van der Waals surface area contributed by atoms with E-state index >= 15 is 0 Å². The molecule has 12 heteroatoms. The molecule has 8 rings (SSSR count). The molecule has 0 saturated heterocycles.